The molecule has 3 N–H and O–H groups in total. The molecule has 39 heavy (non-hydrogen) atoms. The van der Waals surface area contributed by atoms with Crippen LogP contribution in [0.2, 0.25) is 0 Å². The number of carbonyl (C=O) groups excluding carboxylic acids is 3. The van der Waals surface area contributed by atoms with Crippen LogP contribution < -0.4 is 5.32 Å². The quantitative estimate of drug-likeness (QED) is 0.376. The van der Waals surface area contributed by atoms with Gasteiger partial charge in [-0.2, -0.15) is 0 Å². The lowest BCUT2D eigenvalue weighted by Gasteiger charge is -2.38. The molecule has 0 unspecified atom stereocenters. The fraction of sp³-hybridized carbons (Fsp3) is 0.692. The van der Waals surface area contributed by atoms with Crippen molar-refractivity contribution in [3.05, 3.63) is 30.1 Å². The van der Waals surface area contributed by atoms with Crippen LogP contribution in [0.15, 0.2) is 24.5 Å². The smallest absolute Gasteiger partial charge is 0.248 e. The summed E-state index contributed by atoms with van der Waals surface area (Å²) in [6, 6.07) is 3.10. The van der Waals surface area contributed by atoms with Crippen LogP contribution in [0.3, 0.4) is 0 Å². The Morgan fingerprint density at radius 3 is 2.67 bits per heavy atom. The van der Waals surface area contributed by atoms with Gasteiger partial charge in [-0.15, -0.1) is 0 Å². The first-order valence-electron chi connectivity index (χ1n) is 13.4. The van der Waals surface area contributed by atoms with Gasteiger partial charge in [0.2, 0.25) is 17.7 Å². The van der Waals surface area contributed by atoms with E-state index >= 15 is 0 Å². The molecule has 0 spiro atoms. The predicted octanol–water partition coefficient (Wildman–Crippen LogP) is -2.26. The predicted molar refractivity (Wildman–Crippen MR) is 135 cm³/mol. The zero-order chi connectivity index (χ0) is 27.5. The number of amides is 3. The zero-order valence-corrected chi connectivity index (χ0v) is 22.1. The zero-order valence-electron chi connectivity index (χ0n) is 22.1. The highest BCUT2D eigenvalue weighted by Gasteiger charge is 2.46. The van der Waals surface area contributed by atoms with Gasteiger partial charge in [0.1, 0.15) is 24.9 Å². The Bertz CT molecular complexity index is 1030. The summed E-state index contributed by atoms with van der Waals surface area (Å²) in [4.78, 5) is 49.1. The van der Waals surface area contributed by atoms with E-state index in [1.165, 1.54) is 12.0 Å². The van der Waals surface area contributed by atoms with E-state index in [0.717, 1.165) is 5.56 Å². The average molecular weight is 548 g/mol. The number of likely N-dealkylation sites (tertiary alicyclic amines) is 1. The van der Waals surface area contributed by atoms with Gasteiger partial charge < -0.3 is 39.5 Å². The second kappa shape index (κ2) is 12.2. The van der Waals surface area contributed by atoms with Gasteiger partial charge in [0.05, 0.1) is 31.3 Å². The van der Waals surface area contributed by atoms with E-state index in [2.05, 4.69) is 15.2 Å². The Morgan fingerprint density at radius 1 is 1.13 bits per heavy atom. The average Bonchev–Trinajstić information content (AvgIpc) is 3.43. The largest absolute Gasteiger partial charge is 0.388 e. The third-order valence-corrected chi connectivity index (χ3v) is 7.93. The van der Waals surface area contributed by atoms with Crippen molar-refractivity contribution in [2.24, 2.45) is 0 Å². The summed E-state index contributed by atoms with van der Waals surface area (Å²) in [5, 5.41) is 24.3. The third kappa shape index (κ3) is 6.39. The number of methoxy groups -OCH3 is 1. The molecule has 5 heterocycles. The fourth-order valence-corrected chi connectivity index (χ4v) is 5.97. The van der Waals surface area contributed by atoms with Crippen LogP contribution in [0.5, 0.6) is 0 Å². The van der Waals surface area contributed by atoms with E-state index in [-0.39, 0.29) is 49.9 Å². The highest BCUT2D eigenvalue weighted by Crippen LogP contribution is 2.27. The summed E-state index contributed by atoms with van der Waals surface area (Å²) in [7, 11) is 1.41. The van der Waals surface area contributed by atoms with Crippen LogP contribution in [0.25, 0.3) is 0 Å². The number of pyridine rings is 1. The second-order valence-corrected chi connectivity index (χ2v) is 10.7. The number of hydrogen-bond donors (Lipinski definition) is 3. The number of aliphatic hydroxyl groups is 2. The molecule has 0 aromatic carbocycles. The van der Waals surface area contributed by atoms with Gasteiger partial charge in [-0.1, -0.05) is 0 Å². The van der Waals surface area contributed by atoms with Crippen LogP contribution in [-0.4, -0.2) is 143 Å². The molecule has 0 radical (unpaired) electrons. The number of morpholine rings is 1. The van der Waals surface area contributed by atoms with Crippen molar-refractivity contribution in [1.82, 2.24) is 25.0 Å². The summed E-state index contributed by atoms with van der Waals surface area (Å²) in [6.07, 6.45) is -1.10. The van der Waals surface area contributed by atoms with Crippen molar-refractivity contribution in [2.45, 2.75) is 62.0 Å². The van der Waals surface area contributed by atoms with Crippen molar-refractivity contribution in [3.63, 3.8) is 0 Å². The van der Waals surface area contributed by atoms with Crippen LogP contribution in [0.4, 0.5) is 0 Å². The van der Waals surface area contributed by atoms with Crippen LogP contribution in [0, 0.1) is 0 Å². The van der Waals surface area contributed by atoms with Crippen molar-refractivity contribution in [3.8, 4) is 0 Å². The molecule has 0 aliphatic carbocycles. The number of aliphatic hydroxyl groups excluding tert-OH is 2. The van der Waals surface area contributed by atoms with Crippen molar-refractivity contribution < 1.29 is 38.8 Å². The maximum atomic E-state index is 13.8. The molecule has 1 aromatic heterocycles. The topological polar surface area (TPSA) is 154 Å². The minimum absolute atomic E-state index is 0.0166. The summed E-state index contributed by atoms with van der Waals surface area (Å²) < 4.78 is 16.9. The number of hydrogen-bond acceptors (Lipinski definition) is 10. The lowest BCUT2D eigenvalue weighted by molar-refractivity contribution is -0.148. The van der Waals surface area contributed by atoms with Crippen LogP contribution >= 0.6 is 0 Å². The first kappa shape index (κ1) is 27.9. The monoisotopic (exact) mass is 547 g/mol. The van der Waals surface area contributed by atoms with Gasteiger partial charge in [0.25, 0.3) is 0 Å². The van der Waals surface area contributed by atoms with Crippen molar-refractivity contribution in [1.29, 1.82) is 0 Å². The number of rotatable bonds is 4. The molecule has 5 rings (SSSR count). The normalized spacial score (nSPS) is 34.3. The molecule has 6 bridgehead atoms. The summed E-state index contributed by atoms with van der Waals surface area (Å²) in [5.74, 6) is -0.704. The number of aromatic nitrogens is 1. The molecule has 13 heteroatoms. The number of nitrogens with one attached hydrogen (secondary N) is 1. The van der Waals surface area contributed by atoms with E-state index in [0.29, 0.717) is 39.2 Å². The molecular weight excluding hydrogens is 510 g/mol. The Morgan fingerprint density at radius 2 is 1.90 bits per heavy atom. The number of fused-ring (bicyclic) bond motifs is 6. The second-order valence-electron chi connectivity index (χ2n) is 10.7. The van der Waals surface area contributed by atoms with Crippen LogP contribution in [-0.2, 0) is 35.1 Å². The fourth-order valence-electron chi connectivity index (χ4n) is 5.97. The molecule has 4 saturated heterocycles. The van der Waals surface area contributed by atoms with E-state index in [9.17, 15) is 24.6 Å². The number of ether oxygens (including phenoxy) is 3. The van der Waals surface area contributed by atoms with Gasteiger partial charge in [-0.3, -0.25) is 24.3 Å². The molecule has 214 valence electrons. The molecule has 3 amide bonds. The highest BCUT2D eigenvalue weighted by molar-refractivity contribution is 5.83. The molecule has 7 atom stereocenters. The van der Waals surface area contributed by atoms with E-state index in [1.54, 1.807) is 17.3 Å². The maximum Gasteiger partial charge on any atom is 0.248 e. The maximum absolute atomic E-state index is 13.8. The summed E-state index contributed by atoms with van der Waals surface area (Å²) in [5.41, 5.74) is 1.01. The number of nitrogens with zero attached hydrogens (tertiary/aromatic N) is 4. The van der Waals surface area contributed by atoms with E-state index in [1.807, 2.05) is 12.1 Å². The molecule has 4 aliphatic rings. The van der Waals surface area contributed by atoms with Gasteiger partial charge in [0.15, 0.2) is 0 Å². The van der Waals surface area contributed by atoms with E-state index in [4.69, 9.17) is 14.2 Å². The molecule has 1 aromatic rings. The Balaban J connectivity index is 1.41. The molecule has 0 saturated carbocycles. The van der Waals surface area contributed by atoms with Gasteiger partial charge in [-0.25, -0.2) is 0 Å². The van der Waals surface area contributed by atoms with Crippen LogP contribution in [0.1, 0.15) is 18.4 Å². The SMILES string of the molecule is COCC(=O)N1C[C@@H]2CN(CCO2)C(=O)[C@@H]2C[C@@H](CN2Cc2ccncc2)NC(=O)C[C@@H]2O[C@H](C1)[C@@H](O)[C@H]2O. The van der Waals surface area contributed by atoms with Gasteiger partial charge >= 0.3 is 0 Å². The highest BCUT2D eigenvalue weighted by atomic mass is 16.5. The number of carbonyl (C=O) groups is 3. The lowest BCUT2D eigenvalue weighted by Crippen LogP contribution is -2.55. The lowest BCUT2D eigenvalue weighted by atomic mass is 10.0. The van der Waals surface area contributed by atoms with Crippen molar-refractivity contribution in [2.75, 3.05) is 53.0 Å². The summed E-state index contributed by atoms with van der Waals surface area (Å²) >= 11 is 0. The molecule has 4 fully saturated rings. The minimum atomic E-state index is -1.28. The van der Waals surface area contributed by atoms with Crippen molar-refractivity contribution >= 4 is 17.7 Å². The third-order valence-electron chi connectivity index (χ3n) is 7.93. The minimum Gasteiger partial charge on any atom is -0.388 e. The Labute approximate surface area is 227 Å². The van der Waals surface area contributed by atoms with Gasteiger partial charge in [-0.05, 0) is 24.1 Å². The standard InChI is InChI=1S/C26H37N5O8/c1-37-15-23(33)31-13-18-12-29(6-7-38-18)26(36)19-8-17(11-30(19)10-16-2-4-27-5-3-16)28-22(32)9-20-24(34)25(35)21(14-31)39-20/h2-5,17-21,24-25,34-35H,6-15H2,1H3,(H,28,32)/t17-,18-,19-,20-,21+,24-,25+/m0/s1. The van der Waals surface area contributed by atoms with E-state index < -0.39 is 36.6 Å². The van der Waals surface area contributed by atoms with Gasteiger partial charge in [0, 0.05) is 64.8 Å². The first-order valence-corrected chi connectivity index (χ1v) is 13.4. The Hall–Kier alpha value is -2.68. The Kier molecular flexibility index (Phi) is 8.74. The summed E-state index contributed by atoms with van der Waals surface area (Å²) in [6.45, 7) is 2.02. The molecular formula is C26H37N5O8. The molecule has 4 aliphatic heterocycles. The molecule has 13 nitrogen and oxygen atoms in total. The first-order chi connectivity index (χ1) is 18.8.